The van der Waals surface area contributed by atoms with Gasteiger partial charge in [0.25, 0.3) is 0 Å². The Bertz CT molecular complexity index is 1270. The van der Waals surface area contributed by atoms with Crippen molar-refractivity contribution in [3.05, 3.63) is 89.9 Å². The van der Waals surface area contributed by atoms with Gasteiger partial charge in [0.05, 0.1) is 12.1 Å². The lowest BCUT2D eigenvalue weighted by Crippen LogP contribution is -1.91. The normalized spacial score (nSPS) is 11.2. The van der Waals surface area contributed by atoms with Gasteiger partial charge in [-0.15, -0.1) is 0 Å². The first-order valence-corrected chi connectivity index (χ1v) is 9.18. The second-order valence-electron chi connectivity index (χ2n) is 6.83. The van der Waals surface area contributed by atoms with Gasteiger partial charge in [0.1, 0.15) is 5.69 Å². The Morgan fingerprint density at radius 1 is 0.893 bits per heavy atom. The molecule has 0 fully saturated rings. The third-order valence-corrected chi connectivity index (χ3v) is 4.78. The number of aryl methyl sites for hydroxylation is 1. The Kier molecular flexibility index (Phi) is 3.98. The largest absolute Gasteiger partial charge is 0.361 e. The molecule has 5 heteroatoms. The zero-order valence-electron chi connectivity index (χ0n) is 15.4. The fourth-order valence-electron chi connectivity index (χ4n) is 3.40. The van der Waals surface area contributed by atoms with E-state index in [9.17, 15) is 0 Å². The van der Waals surface area contributed by atoms with E-state index in [1.54, 1.807) is 0 Å². The minimum atomic E-state index is 0.504. The van der Waals surface area contributed by atoms with Crippen LogP contribution in [0.5, 0.6) is 0 Å². The van der Waals surface area contributed by atoms with Crippen molar-refractivity contribution in [3.8, 4) is 22.8 Å². The molecule has 136 valence electrons. The Morgan fingerprint density at radius 2 is 1.75 bits per heavy atom. The third kappa shape index (κ3) is 3.07. The summed E-state index contributed by atoms with van der Waals surface area (Å²) in [6, 6.07) is 22.3. The molecule has 0 aliphatic heterocycles. The van der Waals surface area contributed by atoms with Crippen LogP contribution in [0.25, 0.3) is 33.7 Å². The summed E-state index contributed by atoms with van der Waals surface area (Å²) in [7, 11) is 0. The van der Waals surface area contributed by atoms with E-state index in [0.717, 1.165) is 22.3 Å². The molecule has 0 unspecified atom stereocenters. The summed E-state index contributed by atoms with van der Waals surface area (Å²) in [5.41, 5.74) is 6.10. The summed E-state index contributed by atoms with van der Waals surface area (Å²) in [5, 5.41) is 5.31. The molecule has 0 bridgehead atoms. The molecule has 1 N–H and O–H groups in total. The molecule has 0 amide bonds. The molecule has 3 heterocycles. The number of hydrogen-bond donors (Lipinski definition) is 1. The molecular formula is C23H18N4O. The second kappa shape index (κ2) is 6.78. The van der Waals surface area contributed by atoms with Gasteiger partial charge in [0.15, 0.2) is 0 Å². The maximum absolute atomic E-state index is 5.49. The van der Waals surface area contributed by atoms with Crippen molar-refractivity contribution in [2.45, 2.75) is 13.3 Å². The SMILES string of the molecule is Cc1cccc(-c2cccc(-c3noc(Cc4c[nH]c5ccccc45)n3)n2)c1. The first kappa shape index (κ1) is 16.4. The highest BCUT2D eigenvalue weighted by Gasteiger charge is 2.13. The summed E-state index contributed by atoms with van der Waals surface area (Å²) in [6.45, 7) is 2.07. The third-order valence-electron chi connectivity index (χ3n) is 4.78. The van der Waals surface area contributed by atoms with Crippen molar-refractivity contribution in [1.82, 2.24) is 20.1 Å². The minimum absolute atomic E-state index is 0.504. The van der Waals surface area contributed by atoms with Crippen LogP contribution < -0.4 is 0 Å². The number of H-pyrrole nitrogens is 1. The molecule has 5 aromatic rings. The Labute approximate surface area is 162 Å². The molecule has 0 saturated carbocycles. The highest BCUT2D eigenvalue weighted by Crippen LogP contribution is 2.24. The Hall–Kier alpha value is -3.73. The van der Waals surface area contributed by atoms with Crippen molar-refractivity contribution in [2.24, 2.45) is 0 Å². The molecule has 0 saturated heterocycles. The highest BCUT2D eigenvalue weighted by atomic mass is 16.5. The van der Waals surface area contributed by atoms with Crippen molar-refractivity contribution in [1.29, 1.82) is 0 Å². The minimum Gasteiger partial charge on any atom is -0.361 e. The summed E-state index contributed by atoms with van der Waals surface area (Å²) in [4.78, 5) is 12.6. The predicted molar refractivity (Wildman–Crippen MR) is 109 cm³/mol. The number of benzene rings is 2. The summed E-state index contributed by atoms with van der Waals surface area (Å²) in [6.07, 6.45) is 2.57. The number of nitrogens with one attached hydrogen (secondary N) is 1. The van der Waals surface area contributed by atoms with Crippen LogP contribution >= 0.6 is 0 Å². The van der Waals surface area contributed by atoms with Crippen molar-refractivity contribution >= 4 is 10.9 Å². The lowest BCUT2D eigenvalue weighted by Gasteiger charge is -2.03. The van der Waals surface area contributed by atoms with Gasteiger partial charge in [-0.3, -0.25) is 0 Å². The zero-order valence-corrected chi connectivity index (χ0v) is 15.4. The van der Waals surface area contributed by atoms with E-state index in [1.807, 2.05) is 42.6 Å². The molecule has 0 atom stereocenters. The first-order valence-electron chi connectivity index (χ1n) is 9.18. The second-order valence-corrected chi connectivity index (χ2v) is 6.83. The van der Waals surface area contributed by atoms with E-state index < -0.39 is 0 Å². The number of pyridine rings is 1. The lowest BCUT2D eigenvalue weighted by atomic mass is 10.1. The maximum atomic E-state index is 5.49. The summed E-state index contributed by atoms with van der Waals surface area (Å²) < 4.78 is 5.49. The Morgan fingerprint density at radius 3 is 2.68 bits per heavy atom. The maximum Gasteiger partial charge on any atom is 0.231 e. The van der Waals surface area contributed by atoms with Gasteiger partial charge in [-0.05, 0) is 36.8 Å². The zero-order chi connectivity index (χ0) is 18.9. The van der Waals surface area contributed by atoms with Crippen molar-refractivity contribution < 1.29 is 4.52 Å². The predicted octanol–water partition coefficient (Wildman–Crippen LogP) is 5.18. The van der Waals surface area contributed by atoms with Crippen LogP contribution in [-0.2, 0) is 6.42 Å². The number of hydrogen-bond acceptors (Lipinski definition) is 4. The van der Waals surface area contributed by atoms with Crippen LogP contribution in [0, 0.1) is 6.92 Å². The molecule has 5 nitrogen and oxygen atoms in total. The van der Waals surface area contributed by atoms with Crippen LogP contribution in [0.2, 0.25) is 0 Å². The molecule has 0 radical (unpaired) electrons. The monoisotopic (exact) mass is 366 g/mol. The average molecular weight is 366 g/mol. The number of aromatic nitrogens is 4. The Balaban J connectivity index is 1.44. The van der Waals surface area contributed by atoms with E-state index in [-0.39, 0.29) is 0 Å². The van der Waals surface area contributed by atoms with Crippen LogP contribution in [0.1, 0.15) is 17.0 Å². The molecule has 2 aromatic carbocycles. The van der Waals surface area contributed by atoms with Crippen LogP contribution in [0.3, 0.4) is 0 Å². The first-order chi connectivity index (χ1) is 13.8. The van der Waals surface area contributed by atoms with E-state index in [4.69, 9.17) is 9.51 Å². The van der Waals surface area contributed by atoms with Crippen LogP contribution in [0.4, 0.5) is 0 Å². The standard InChI is InChI=1S/C23H18N4O/c1-15-6-4-7-16(12-15)19-10-5-11-21(25-19)23-26-22(28-27-23)13-17-14-24-20-9-3-2-8-18(17)20/h2-12,14,24H,13H2,1H3. The quantitative estimate of drug-likeness (QED) is 0.476. The molecule has 3 aromatic heterocycles. The van der Waals surface area contributed by atoms with Gasteiger partial charge < -0.3 is 9.51 Å². The molecule has 0 spiro atoms. The van der Waals surface area contributed by atoms with Crippen LogP contribution in [0.15, 0.2) is 77.4 Å². The lowest BCUT2D eigenvalue weighted by molar-refractivity contribution is 0.386. The van der Waals surface area contributed by atoms with Crippen molar-refractivity contribution in [2.75, 3.05) is 0 Å². The molecule has 5 rings (SSSR count). The molecular weight excluding hydrogens is 348 g/mol. The van der Waals surface area contributed by atoms with Gasteiger partial charge in [0.2, 0.25) is 11.7 Å². The fourth-order valence-corrected chi connectivity index (χ4v) is 3.40. The number of rotatable bonds is 4. The highest BCUT2D eigenvalue weighted by molar-refractivity contribution is 5.83. The summed E-state index contributed by atoms with van der Waals surface area (Å²) >= 11 is 0. The number of para-hydroxylation sites is 1. The van der Waals surface area contributed by atoms with Gasteiger partial charge in [-0.25, -0.2) is 4.98 Å². The van der Waals surface area contributed by atoms with Gasteiger partial charge in [0, 0.05) is 22.7 Å². The van der Waals surface area contributed by atoms with E-state index in [0.29, 0.717) is 23.8 Å². The fraction of sp³-hybridized carbons (Fsp3) is 0.0870. The molecule has 0 aliphatic carbocycles. The van der Waals surface area contributed by atoms with Crippen molar-refractivity contribution in [3.63, 3.8) is 0 Å². The van der Waals surface area contributed by atoms with Crippen LogP contribution in [-0.4, -0.2) is 20.1 Å². The average Bonchev–Trinajstić information content (AvgIpc) is 3.36. The van der Waals surface area contributed by atoms with E-state index >= 15 is 0 Å². The summed E-state index contributed by atoms with van der Waals surface area (Å²) in [5.74, 6) is 1.08. The molecule has 0 aliphatic rings. The number of fused-ring (bicyclic) bond motifs is 1. The van der Waals surface area contributed by atoms with Gasteiger partial charge in [-0.2, -0.15) is 4.98 Å². The number of nitrogens with zero attached hydrogens (tertiary/aromatic N) is 3. The number of aromatic amines is 1. The topological polar surface area (TPSA) is 67.6 Å². The smallest absolute Gasteiger partial charge is 0.231 e. The van der Waals surface area contributed by atoms with Gasteiger partial charge >= 0.3 is 0 Å². The molecule has 28 heavy (non-hydrogen) atoms. The van der Waals surface area contributed by atoms with Gasteiger partial charge in [-0.1, -0.05) is 53.2 Å². The van der Waals surface area contributed by atoms with E-state index in [1.165, 1.54) is 10.9 Å². The van der Waals surface area contributed by atoms with E-state index in [2.05, 4.69) is 52.4 Å².